The van der Waals surface area contributed by atoms with Gasteiger partial charge in [0.25, 0.3) is 11.8 Å². The topological polar surface area (TPSA) is 119 Å². The summed E-state index contributed by atoms with van der Waals surface area (Å²) in [4.78, 5) is 42.0. The summed E-state index contributed by atoms with van der Waals surface area (Å²) in [5.74, 6) is 0.484. The predicted molar refractivity (Wildman–Crippen MR) is 131 cm³/mol. The summed E-state index contributed by atoms with van der Waals surface area (Å²) in [6.45, 7) is 0.158. The molecule has 0 spiro atoms. The average molecular weight is 491 g/mol. The quantitative estimate of drug-likeness (QED) is 0.412. The lowest BCUT2D eigenvalue weighted by Crippen LogP contribution is -2.25. The second kappa shape index (κ2) is 10.1. The number of amides is 3. The highest BCUT2D eigenvalue weighted by atomic mass is 32.2. The Morgan fingerprint density at radius 1 is 0.914 bits per heavy atom. The lowest BCUT2D eigenvalue weighted by molar-refractivity contribution is -0.113. The predicted octanol–water partition coefficient (Wildman–Crippen LogP) is 3.69. The van der Waals surface area contributed by atoms with Crippen LogP contribution in [0.15, 0.2) is 65.8 Å². The lowest BCUT2D eigenvalue weighted by atomic mass is 10.1. The van der Waals surface area contributed by atoms with E-state index in [4.69, 9.17) is 9.47 Å². The van der Waals surface area contributed by atoms with Crippen molar-refractivity contribution in [3.8, 4) is 11.5 Å². The van der Waals surface area contributed by atoms with Crippen LogP contribution in [0.1, 0.15) is 33.6 Å². The minimum absolute atomic E-state index is 0.0581. The van der Waals surface area contributed by atoms with Crippen molar-refractivity contribution in [2.24, 2.45) is 0 Å². The molecular weight excluding hydrogens is 468 g/mol. The van der Waals surface area contributed by atoms with Crippen LogP contribution < -0.4 is 25.4 Å². The van der Waals surface area contributed by atoms with Gasteiger partial charge in [0.05, 0.1) is 11.3 Å². The Balaban J connectivity index is 1.20. The van der Waals surface area contributed by atoms with Crippen molar-refractivity contribution >= 4 is 40.9 Å². The Labute approximate surface area is 205 Å². The third-order valence-corrected chi connectivity index (χ3v) is 6.31. The van der Waals surface area contributed by atoms with Gasteiger partial charge in [0, 0.05) is 35.2 Å². The van der Waals surface area contributed by atoms with Gasteiger partial charge in [0.15, 0.2) is 11.5 Å². The highest BCUT2D eigenvalue weighted by Crippen LogP contribution is 2.34. The molecule has 0 saturated heterocycles. The Hall–Kier alpha value is -4.05. The first-order valence-corrected chi connectivity index (χ1v) is 12.0. The zero-order valence-corrected chi connectivity index (χ0v) is 19.4. The Morgan fingerprint density at radius 3 is 2.60 bits per heavy atom. The molecule has 3 amide bonds. The van der Waals surface area contributed by atoms with E-state index in [1.165, 1.54) is 0 Å². The summed E-state index contributed by atoms with van der Waals surface area (Å²) in [5.41, 5.74) is 1.90. The molecule has 1 aromatic heterocycles. The van der Waals surface area contributed by atoms with E-state index in [1.807, 2.05) is 0 Å². The summed E-state index contributed by atoms with van der Waals surface area (Å²) >= 11 is 1.16. The van der Waals surface area contributed by atoms with E-state index in [9.17, 15) is 14.4 Å². The van der Waals surface area contributed by atoms with E-state index in [-0.39, 0.29) is 36.3 Å². The number of benzene rings is 2. The number of thioether (sulfide) groups is 1. The highest BCUT2D eigenvalue weighted by molar-refractivity contribution is 8.00. The normalized spacial score (nSPS) is 13.7. The fourth-order valence-corrected chi connectivity index (χ4v) is 4.21. The van der Waals surface area contributed by atoms with E-state index in [0.29, 0.717) is 39.0 Å². The molecule has 3 N–H and O–H groups in total. The molecule has 9 nitrogen and oxygen atoms in total. The number of aromatic nitrogens is 1. The molecule has 5 rings (SSSR count). The van der Waals surface area contributed by atoms with Crippen LogP contribution in [0.2, 0.25) is 0 Å². The number of hydrogen-bond donors (Lipinski definition) is 3. The van der Waals surface area contributed by atoms with Crippen molar-refractivity contribution in [3.05, 3.63) is 71.9 Å². The van der Waals surface area contributed by atoms with Crippen molar-refractivity contribution in [1.29, 1.82) is 0 Å². The minimum Gasteiger partial charge on any atom is -0.454 e. The van der Waals surface area contributed by atoms with Crippen LogP contribution in [0, 0.1) is 0 Å². The number of carbonyl (C=O) groups excluding carboxylic acids is 3. The first-order chi connectivity index (χ1) is 17.0. The molecule has 2 aromatic carbocycles. The van der Waals surface area contributed by atoms with Crippen molar-refractivity contribution in [1.82, 2.24) is 10.3 Å². The number of nitrogens with one attached hydrogen (secondary N) is 3. The van der Waals surface area contributed by atoms with E-state index in [0.717, 1.165) is 24.6 Å². The molecule has 2 aliphatic rings. The molecule has 1 aliphatic carbocycles. The third-order valence-electron chi connectivity index (χ3n) is 5.31. The summed E-state index contributed by atoms with van der Waals surface area (Å²) < 4.78 is 10.6. The number of pyridine rings is 1. The molecular formula is C25H22N4O5S. The number of fused-ring (bicyclic) bond motifs is 1. The Kier molecular flexibility index (Phi) is 6.53. The van der Waals surface area contributed by atoms with Crippen LogP contribution in [0.4, 0.5) is 11.4 Å². The first-order valence-electron chi connectivity index (χ1n) is 11.0. The largest absolute Gasteiger partial charge is 0.454 e. The van der Waals surface area contributed by atoms with E-state index >= 15 is 0 Å². The van der Waals surface area contributed by atoms with Crippen molar-refractivity contribution in [2.45, 2.75) is 23.9 Å². The number of hydrogen-bond acceptors (Lipinski definition) is 7. The molecule has 1 fully saturated rings. The fraction of sp³-hybridized carbons (Fsp3) is 0.200. The van der Waals surface area contributed by atoms with Crippen LogP contribution >= 0.6 is 11.8 Å². The zero-order chi connectivity index (χ0) is 24.2. The maximum atomic E-state index is 13.0. The van der Waals surface area contributed by atoms with Gasteiger partial charge in [-0.3, -0.25) is 14.4 Å². The molecule has 178 valence electrons. The number of rotatable bonds is 8. The lowest BCUT2D eigenvalue weighted by Gasteiger charge is -2.11. The molecule has 10 heteroatoms. The second-order valence-corrected chi connectivity index (χ2v) is 9.01. The number of anilines is 2. The van der Waals surface area contributed by atoms with Crippen LogP contribution in [-0.4, -0.2) is 41.3 Å². The van der Waals surface area contributed by atoms with Crippen molar-refractivity contribution in [2.75, 3.05) is 23.2 Å². The van der Waals surface area contributed by atoms with Crippen LogP contribution in [0.5, 0.6) is 11.5 Å². The molecule has 1 saturated carbocycles. The van der Waals surface area contributed by atoms with Gasteiger partial charge in [-0.1, -0.05) is 17.8 Å². The van der Waals surface area contributed by atoms with Gasteiger partial charge in [0.1, 0.15) is 5.03 Å². The SMILES string of the molecule is O=C(CSc1ncccc1C(=O)Nc1cccc(C(=O)NC2CC2)c1)Nc1ccc2c(c1)OCO2. The molecule has 0 atom stereocenters. The maximum absolute atomic E-state index is 13.0. The van der Waals surface area contributed by atoms with E-state index < -0.39 is 0 Å². The van der Waals surface area contributed by atoms with E-state index in [2.05, 4.69) is 20.9 Å². The number of carbonyl (C=O) groups is 3. The average Bonchev–Trinajstić information content (AvgIpc) is 3.56. The fourth-order valence-electron chi connectivity index (χ4n) is 3.42. The smallest absolute Gasteiger partial charge is 0.258 e. The molecule has 3 aromatic rings. The highest BCUT2D eigenvalue weighted by Gasteiger charge is 2.24. The summed E-state index contributed by atoms with van der Waals surface area (Å²) in [6.07, 6.45) is 3.56. The summed E-state index contributed by atoms with van der Waals surface area (Å²) in [6, 6.07) is 15.5. The van der Waals surface area contributed by atoms with Gasteiger partial charge >= 0.3 is 0 Å². The van der Waals surface area contributed by atoms with E-state index in [1.54, 1.807) is 60.8 Å². The summed E-state index contributed by atoms with van der Waals surface area (Å²) in [7, 11) is 0. The van der Waals surface area contributed by atoms with Gasteiger partial charge in [0.2, 0.25) is 12.7 Å². The number of nitrogens with zero attached hydrogens (tertiary/aromatic N) is 1. The van der Waals surface area contributed by atoms with Gasteiger partial charge in [-0.25, -0.2) is 4.98 Å². The molecule has 0 unspecified atom stereocenters. The van der Waals surface area contributed by atoms with Gasteiger partial charge in [-0.05, 0) is 55.3 Å². The molecule has 1 aliphatic heterocycles. The zero-order valence-electron chi connectivity index (χ0n) is 18.6. The molecule has 0 bridgehead atoms. The van der Waals surface area contributed by atoms with Gasteiger partial charge in [-0.15, -0.1) is 0 Å². The van der Waals surface area contributed by atoms with Crippen LogP contribution in [0.25, 0.3) is 0 Å². The Bertz CT molecular complexity index is 1290. The first kappa shape index (κ1) is 22.7. The summed E-state index contributed by atoms with van der Waals surface area (Å²) in [5, 5.41) is 8.98. The van der Waals surface area contributed by atoms with Crippen molar-refractivity contribution < 1.29 is 23.9 Å². The van der Waals surface area contributed by atoms with Gasteiger partial charge < -0.3 is 25.4 Å². The molecule has 2 heterocycles. The monoisotopic (exact) mass is 490 g/mol. The standard InChI is InChI=1S/C25H22N4O5S/c30-22(27-18-8-9-20-21(12-18)34-14-33-20)13-35-25-19(5-2-10-26-25)24(32)29-17-4-1-3-15(11-17)23(31)28-16-6-7-16/h1-5,8-12,16H,6-7,13-14H2,(H,27,30)(H,28,31)(H,29,32). The van der Waals surface area contributed by atoms with Crippen molar-refractivity contribution in [3.63, 3.8) is 0 Å². The number of ether oxygens (including phenoxy) is 2. The molecule has 35 heavy (non-hydrogen) atoms. The van der Waals surface area contributed by atoms with Crippen LogP contribution in [-0.2, 0) is 4.79 Å². The third kappa shape index (κ3) is 5.72. The second-order valence-electron chi connectivity index (χ2n) is 8.04. The van der Waals surface area contributed by atoms with Crippen LogP contribution in [0.3, 0.4) is 0 Å². The molecule has 0 radical (unpaired) electrons. The minimum atomic E-state index is -0.378. The Morgan fingerprint density at radius 2 is 1.74 bits per heavy atom. The van der Waals surface area contributed by atoms with Gasteiger partial charge in [-0.2, -0.15) is 0 Å². The maximum Gasteiger partial charge on any atom is 0.258 e.